The second kappa shape index (κ2) is 5.14. The molecule has 0 aliphatic carbocycles. The number of ether oxygens (including phenoxy) is 1. The summed E-state index contributed by atoms with van der Waals surface area (Å²) in [5.74, 6) is -1.69. The lowest BCUT2D eigenvalue weighted by atomic mass is 10.2. The molecule has 0 spiro atoms. The SMILES string of the molecule is CC1CN(c2ccc(O)c(F)c2)C(=O)c2c(N)ncnc2O1. The molecule has 7 nitrogen and oxygen atoms in total. The number of aromatic nitrogens is 2. The lowest BCUT2D eigenvalue weighted by molar-refractivity contribution is 0.0988. The van der Waals surface area contributed by atoms with Gasteiger partial charge in [-0.1, -0.05) is 0 Å². The zero-order valence-corrected chi connectivity index (χ0v) is 11.7. The zero-order valence-electron chi connectivity index (χ0n) is 11.7. The minimum absolute atomic E-state index is 0.00616. The summed E-state index contributed by atoms with van der Waals surface area (Å²) in [5, 5.41) is 9.27. The average molecular weight is 304 g/mol. The van der Waals surface area contributed by atoms with Gasteiger partial charge in [-0.05, 0) is 19.1 Å². The molecule has 3 rings (SSSR count). The zero-order chi connectivity index (χ0) is 15.9. The predicted molar refractivity (Wildman–Crippen MR) is 76.3 cm³/mol. The maximum absolute atomic E-state index is 13.6. The molecular weight excluding hydrogens is 291 g/mol. The van der Waals surface area contributed by atoms with Crippen LogP contribution in [-0.4, -0.2) is 33.6 Å². The second-order valence-electron chi connectivity index (χ2n) is 4.92. The van der Waals surface area contributed by atoms with Crippen LogP contribution in [0.25, 0.3) is 0 Å². The molecule has 2 heterocycles. The Hall–Kier alpha value is -2.90. The third kappa shape index (κ3) is 2.28. The van der Waals surface area contributed by atoms with E-state index in [0.717, 1.165) is 6.07 Å². The van der Waals surface area contributed by atoms with E-state index >= 15 is 0 Å². The Kier molecular flexibility index (Phi) is 3.28. The molecule has 0 bridgehead atoms. The maximum atomic E-state index is 13.6. The van der Waals surface area contributed by atoms with Crippen LogP contribution in [0.15, 0.2) is 24.5 Å². The van der Waals surface area contributed by atoms with Gasteiger partial charge in [-0.15, -0.1) is 0 Å². The van der Waals surface area contributed by atoms with Crippen LogP contribution in [0.5, 0.6) is 11.6 Å². The first kappa shape index (κ1) is 14.1. The summed E-state index contributed by atoms with van der Waals surface area (Å²) in [6, 6.07) is 3.69. The van der Waals surface area contributed by atoms with E-state index in [1.807, 2.05) is 0 Å². The van der Waals surface area contributed by atoms with E-state index in [1.54, 1.807) is 6.92 Å². The monoisotopic (exact) mass is 304 g/mol. The fraction of sp³-hybridized carbons (Fsp3) is 0.214. The van der Waals surface area contributed by atoms with Crippen molar-refractivity contribution in [1.29, 1.82) is 0 Å². The highest BCUT2D eigenvalue weighted by Crippen LogP contribution is 2.30. The number of nitrogens with two attached hydrogens (primary N) is 1. The molecule has 22 heavy (non-hydrogen) atoms. The number of amides is 1. The molecule has 8 heteroatoms. The van der Waals surface area contributed by atoms with E-state index in [0.29, 0.717) is 0 Å². The summed E-state index contributed by atoms with van der Waals surface area (Å²) in [7, 11) is 0. The molecular formula is C14H13FN4O3. The van der Waals surface area contributed by atoms with E-state index in [-0.39, 0.29) is 35.6 Å². The van der Waals surface area contributed by atoms with Gasteiger partial charge in [0.15, 0.2) is 11.6 Å². The van der Waals surface area contributed by atoms with Gasteiger partial charge < -0.3 is 20.5 Å². The molecule has 0 saturated carbocycles. The number of halogens is 1. The highest BCUT2D eigenvalue weighted by Gasteiger charge is 2.31. The van der Waals surface area contributed by atoms with Crippen molar-refractivity contribution < 1.29 is 19.0 Å². The average Bonchev–Trinajstić information content (AvgIpc) is 2.59. The third-order valence-corrected chi connectivity index (χ3v) is 3.30. The molecule has 1 unspecified atom stereocenters. The van der Waals surface area contributed by atoms with E-state index in [9.17, 15) is 14.3 Å². The number of carbonyl (C=O) groups excluding carboxylic acids is 1. The summed E-state index contributed by atoms with van der Waals surface area (Å²) in [6.45, 7) is 1.93. The predicted octanol–water partition coefficient (Wildman–Crippen LogP) is 1.33. The van der Waals surface area contributed by atoms with Gasteiger partial charge in [0.1, 0.15) is 23.8 Å². The van der Waals surface area contributed by atoms with Crippen LogP contribution in [0.2, 0.25) is 0 Å². The van der Waals surface area contributed by atoms with Gasteiger partial charge >= 0.3 is 0 Å². The normalized spacial score (nSPS) is 17.6. The lowest BCUT2D eigenvalue weighted by Gasteiger charge is -2.22. The van der Waals surface area contributed by atoms with Crippen molar-refractivity contribution >= 4 is 17.4 Å². The van der Waals surface area contributed by atoms with Crippen molar-refractivity contribution in [3.05, 3.63) is 35.9 Å². The molecule has 1 atom stereocenters. The van der Waals surface area contributed by atoms with Crippen LogP contribution >= 0.6 is 0 Å². The number of fused-ring (bicyclic) bond motifs is 1. The first-order valence-electron chi connectivity index (χ1n) is 6.55. The molecule has 1 aliphatic rings. The number of rotatable bonds is 1. The van der Waals surface area contributed by atoms with E-state index in [2.05, 4.69) is 9.97 Å². The van der Waals surface area contributed by atoms with Crippen LogP contribution in [0.4, 0.5) is 15.9 Å². The number of aromatic hydroxyl groups is 1. The molecule has 0 saturated heterocycles. The first-order chi connectivity index (χ1) is 10.5. The molecule has 0 radical (unpaired) electrons. The molecule has 1 amide bonds. The number of nitrogens with zero attached hydrogens (tertiary/aromatic N) is 3. The Balaban J connectivity index is 2.10. The van der Waals surface area contributed by atoms with Crippen molar-refractivity contribution in [3.63, 3.8) is 0 Å². The fourth-order valence-electron chi connectivity index (χ4n) is 2.26. The van der Waals surface area contributed by atoms with E-state index < -0.39 is 17.5 Å². The summed E-state index contributed by atoms with van der Waals surface area (Å²) >= 11 is 0. The molecule has 0 fully saturated rings. The topological polar surface area (TPSA) is 102 Å². The van der Waals surface area contributed by atoms with Gasteiger partial charge in [0, 0.05) is 11.8 Å². The van der Waals surface area contributed by atoms with Crippen molar-refractivity contribution in [2.75, 3.05) is 17.2 Å². The highest BCUT2D eigenvalue weighted by molar-refractivity contribution is 6.10. The maximum Gasteiger partial charge on any atom is 0.267 e. The molecule has 1 aromatic carbocycles. The Morgan fingerprint density at radius 1 is 1.45 bits per heavy atom. The van der Waals surface area contributed by atoms with Crippen LogP contribution in [0.3, 0.4) is 0 Å². The second-order valence-corrected chi connectivity index (χ2v) is 4.92. The summed E-state index contributed by atoms with van der Waals surface area (Å²) in [4.78, 5) is 21.7. The largest absolute Gasteiger partial charge is 0.505 e. The molecule has 1 aliphatic heterocycles. The third-order valence-electron chi connectivity index (χ3n) is 3.30. The highest BCUT2D eigenvalue weighted by atomic mass is 19.1. The number of hydrogen-bond acceptors (Lipinski definition) is 6. The smallest absolute Gasteiger partial charge is 0.267 e. The molecule has 1 aromatic heterocycles. The number of nitrogen functional groups attached to an aromatic ring is 1. The molecule has 3 N–H and O–H groups in total. The van der Waals surface area contributed by atoms with Crippen molar-refractivity contribution in [1.82, 2.24) is 9.97 Å². The van der Waals surface area contributed by atoms with Gasteiger partial charge in [-0.25, -0.2) is 14.4 Å². The first-order valence-corrected chi connectivity index (χ1v) is 6.55. The Labute approximate surface area is 125 Å². The van der Waals surface area contributed by atoms with Crippen molar-refractivity contribution in [2.24, 2.45) is 0 Å². The summed E-state index contributed by atoms with van der Waals surface area (Å²) < 4.78 is 19.1. The Bertz CT molecular complexity index is 753. The van der Waals surface area contributed by atoms with Crippen molar-refractivity contribution in [3.8, 4) is 11.6 Å². The van der Waals surface area contributed by atoms with E-state index in [1.165, 1.54) is 23.4 Å². The minimum atomic E-state index is -0.819. The summed E-state index contributed by atoms with van der Waals surface area (Å²) in [5.41, 5.74) is 6.07. The van der Waals surface area contributed by atoms with Crippen LogP contribution < -0.4 is 15.4 Å². The standard InChI is InChI=1S/C14H13FN4O3/c1-7-5-19(8-2-3-10(20)9(15)4-8)14(21)11-12(16)17-6-18-13(11)22-7/h2-4,6-7,20H,5H2,1H3,(H2,16,17,18). The lowest BCUT2D eigenvalue weighted by Crippen LogP contribution is -2.36. The number of phenols is 1. The fourth-order valence-corrected chi connectivity index (χ4v) is 2.26. The molecule has 114 valence electrons. The Morgan fingerprint density at radius 2 is 2.23 bits per heavy atom. The quantitative estimate of drug-likeness (QED) is 0.824. The number of carbonyl (C=O) groups is 1. The molecule has 2 aromatic rings. The van der Waals surface area contributed by atoms with E-state index in [4.69, 9.17) is 10.5 Å². The van der Waals surface area contributed by atoms with Crippen LogP contribution in [0, 0.1) is 5.82 Å². The van der Waals surface area contributed by atoms with Crippen LogP contribution in [-0.2, 0) is 0 Å². The van der Waals surface area contributed by atoms with Gasteiger partial charge in [-0.3, -0.25) is 4.79 Å². The van der Waals surface area contributed by atoms with Gasteiger partial charge in [0.2, 0.25) is 5.88 Å². The minimum Gasteiger partial charge on any atom is -0.505 e. The van der Waals surface area contributed by atoms with Gasteiger partial charge in [-0.2, -0.15) is 0 Å². The summed E-state index contributed by atoms with van der Waals surface area (Å²) in [6.07, 6.45) is 0.834. The van der Waals surface area contributed by atoms with Crippen LogP contribution in [0.1, 0.15) is 17.3 Å². The van der Waals surface area contributed by atoms with Gasteiger partial charge in [0.05, 0.1) is 6.54 Å². The number of benzene rings is 1. The Morgan fingerprint density at radius 3 is 2.95 bits per heavy atom. The number of anilines is 2. The van der Waals surface area contributed by atoms with Crippen molar-refractivity contribution in [2.45, 2.75) is 13.0 Å². The van der Waals surface area contributed by atoms with Gasteiger partial charge in [0.25, 0.3) is 5.91 Å². The number of hydrogen-bond donors (Lipinski definition) is 2. The number of phenolic OH excluding ortho intramolecular Hbond substituents is 1.